The lowest BCUT2D eigenvalue weighted by Crippen LogP contribution is -2.08. The maximum atomic E-state index is 13.1. The van der Waals surface area contributed by atoms with E-state index in [4.69, 9.17) is 10.8 Å². The second-order valence-corrected chi connectivity index (χ2v) is 3.12. The van der Waals surface area contributed by atoms with Crippen molar-refractivity contribution in [1.29, 1.82) is 0 Å². The molecule has 3 heteroatoms. The average Bonchev–Trinajstić information content (AvgIpc) is 2.08. The third-order valence-electron chi connectivity index (χ3n) is 1.95. The van der Waals surface area contributed by atoms with Crippen molar-refractivity contribution < 1.29 is 9.50 Å². The molecule has 0 heterocycles. The number of benzene rings is 1. The third kappa shape index (κ3) is 2.50. The molecule has 1 rings (SSSR count). The molecule has 2 nitrogen and oxygen atoms in total. The number of nitrogens with two attached hydrogens (primary N) is 1. The lowest BCUT2D eigenvalue weighted by molar-refractivity contribution is 0.299. The Morgan fingerprint density at radius 2 is 2.23 bits per heavy atom. The van der Waals surface area contributed by atoms with Gasteiger partial charge in [-0.2, -0.15) is 0 Å². The molecule has 0 fully saturated rings. The largest absolute Gasteiger partial charge is 0.396 e. The van der Waals surface area contributed by atoms with Crippen molar-refractivity contribution in [3.8, 4) is 0 Å². The molecule has 1 aromatic rings. The SMILES string of the molecule is C[C@@H](N)c1cc(CCO)ccc1F. The van der Waals surface area contributed by atoms with Crippen molar-refractivity contribution in [3.63, 3.8) is 0 Å². The Labute approximate surface area is 77.2 Å². The molecule has 0 amide bonds. The van der Waals surface area contributed by atoms with Gasteiger partial charge in [-0.25, -0.2) is 4.39 Å². The normalized spacial score (nSPS) is 12.9. The minimum Gasteiger partial charge on any atom is -0.396 e. The van der Waals surface area contributed by atoms with Crippen LogP contribution in [0.3, 0.4) is 0 Å². The van der Waals surface area contributed by atoms with Gasteiger partial charge in [0.2, 0.25) is 0 Å². The van der Waals surface area contributed by atoms with Crippen LogP contribution in [0.5, 0.6) is 0 Å². The predicted molar refractivity (Wildman–Crippen MR) is 49.8 cm³/mol. The molecule has 0 radical (unpaired) electrons. The van der Waals surface area contributed by atoms with Crippen LogP contribution in [0.2, 0.25) is 0 Å². The molecular weight excluding hydrogens is 169 g/mol. The molecule has 1 aromatic carbocycles. The second kappa shape index (κ2) is 4.35. The molecule has 0 aromatic heterocycles. The van der Waals surface area contributed by atoms with Crippen LogP contribution in [0.1, 0.15) is 24.1 Å². The lowest BCUT2D eigenvalue weighted by atomic mass is 10.0. The van der Waals surface area contributed by atoms with E-state index in [-0.39, 0.29) is 18.5 Å². The quantitative estimate of drug-likeness (QED) is 0.743. The van der Waals surface area contributed by atoms with Gasteiger partial charge in [0.25, 0.3) is 0 Å². The van der Waals surface area contributed by atoms with Crippen molar-refractivity contribution in [3.05, 3.63) is 35.1 Å². The molecule has 13 heavy (non-hydrogen) atoms. The number of hydrogen-bond acceptors (Lipinski definition) is 2. The van der Waals surface area contributed by atoms with E-state index in [0.717, 1.165) is 5.56 Å². The number of aliphatic hydroxyl groups is 1. The van der Waals surface area contributed by atoms with Crippen molar-refractivity contribution in [2.45, 2.75) is 19.4 Å². The zero-order chi connectivity index (χ0) is 9.84. The first-order chi connectivity index (χ1) is 6.15. The highest BCUT2D eigenvalue weighted by Gasteiger charge is 2.07. The zero-order valence-corrected chi connectivity index (χ0v) is 7.63. The molecule has 3 N–H and O–H groups in total. The molecule has 72 valence electrons. The Balaban J connectivity index is 2.97. The summed E-state index contributed by atoms with van der Waals surface area (Å²) < 4.78 is 13.1. The molecule has 1 atom stereocenters. The van der Waals surface area contributed by atoms with Crippen LogP contribution >= 0.6 is 0 Å². The van der Waals surface area contributed by atoms with Crippen LogP contribution in [-0.4, -0.2) is 11.7 Å². The van der Waals surface area contributed by atoms with Crippen LogP contribution in [-0.2, 0) is 6.42 Å². The predicted octanol–water partition coefficient (Wildman–Crippen LogP) is 1.38. The highest BCUT2D eigenvalue weighted by Crippen LogP contribution is 2.16. The maximum absolute atomic E-state index is 13.1. The van der Waals surface area contributed by atoms with Gasteiger partial charge in [0.1, 0.15) is 5.82 Å². The Morgan fingerprint density at radius 3 is 2.77 bits per heavy atom. The summed E-state index contributed by atoms with van der Waals surface area (Å²) >= 11 is 0. The number of halogens is 1. The Bertz CT molecular complexity index is 286. The highest BCUT2D eigenvalue weighted by molar-refractivity contribution is 5.27. The monoisotopic (exact) mass is 183 g/mol. The lowest BCUT2D eigenvalue weighted by Gasteiger charge is -2.08. The van der Waals surface area contributed by atoms with Gasteiger partial charge in [-0.05, 0) is 25.0 Å². The molecule has 0 spiro atoms. The van der Waals surface area contributed by atoms with Crippen molar-refractivity contribution >= 4 is 0 Å². The summed E-state index contributed by atoms with van der Waals surface area (Å²) in [6.07, 6.45) is 0.542. The maximum Gasteiger partial charge on any atom is 0.127 e. The summed E-state index contributed by atoms with van der Waals surface area (Å²) in [5.41, 5.74) is 7.00. The van der Waals surface area contributed by atoms with E-state index in [2.05, 4.69) is 0 Å². The van der Waals surface area contributed by atoms with Gasteiger partial charge < -0.3 is 10.8 Å². The topological polar surface area (TPSA) is 46.2 Å². The minimum atomic E-state index is -0.307. The summed E-state index contributed by atoms with van der Waals surface area (Å²) in [5.74, 6) is -0.281. The Morgan fingerprint density at radius 1 is 1.54 bits per heavy atom. The molecule has 0 unspecified atom stereocenters. The minimum absolute atomic E-state index is 0.0734. The summed E-state index contributed by atoms with van der Waals surface area (Å²) in [6, 6.07) is 4.45. The first-order valence-electron chi connectivity index (χ1n) is 4.30. The summed E-state index contributed by atoms with van der Waals surface area (Å²) in [4.78, 5) is 0. The number of aliphatic hydroxyl groups excluding tert-OH is 1. The van der Waals surface area contributed by atoms with E-state index in [1.165, 1.54) is 6.07 Å². The van der Waals surface area contributed by atoms with Crippen LogP contribution in [0.4, 0.5) is 4.39 Å². The van der Waals surface area contributed by atoms with Crippen molar-refractivity contribution in [2.75, 3.05) is 6.61 Å². The van der Waals surface area contributed by atoms with E-state index >= 15 is 0 Å². The van der Waals surface area contributed by atoms with Crippen molar-refractivity contribution in [1.82, 2.24) is 0 Å². The molecule has 0 saturated carbocycles. The fourth-order valence-electron chi connectivity index (χ4n) is 1.23. The Hall–Kier alpha value is -0.930. The molecule has 0 aliphatic heterocycles. The molecule has 0 saturated heterocycles. The van der Waals surface area contributed by atoms with Crippen LogP contribution in [0.25, 0.3) is 0 Å². The van der Waals surface area contributed by atoms with Gasteiger partial charge in [0.15, 0.2) is 0 Å². The highest BCUT2D eigenvalue weighted by atomic mass is 19.1. The van der Waals surface area contributed by atoms with E-state index < -0.39 is 0 Å². The second-order valence-electron chi connectivity index (χ2n) is 3.12. The van der Waals surface area contributed by atoms with Crippen molar-refractivity contribution in [2.24, 2.45) is 5.73 Å². The first-order valence-corrected chi connectivity index (χ1v) is 4.30. The molecule has 0 aliphatic carbocycles. The van der Waals surface area contributed by atoms with Gasteiger partial charge >= 0.3 is 0 Å². The molecule has 0 aliphatic rings. The summed E-state index contributed by atoms with van der Waals surface area (Å²) in [5, 5.41) is 8.69. The third-order valence-corrected chi connectivity index (χ3v) is 1.95. The van der Waals surface area contributed by atoms with Gasteiger partial charge in [-0.1, -0.05) is 12.1 Å². The summed E-state index contributed by atoms with van der Waals surface area (Å²) in [7, 11) is 0. The van der Waals surface area contributed by atoms with Crippen LogP contribution < -0.4 is 5.73 Å². The first kappa shape index (κ1) is 10.2. The van der Waals surface area contributed by atoms with Crippen LogP contribution in [0, 0.1) is 5.82 Å². The van der Waals surface area contributed by atoms with Crippen LogP contribution in [0.15, 0.2) is 18.2 Å². The molecule has 0 bridgehead atoms. The summed E-state index contributed by atoms with van der Waals surface area (Å²) in [6.45, 7) is 1.81. The van der Waals surface area contributed by atoms with Gasteiger partial charge in [0, 0.05) is 18.2 Å². The number of hydrogen-bond donors (Lipinski definition) is 2. The Kier molecular flexibility index (Phi) is 3.39. The zero-order valence-electron chi connectivity index (χ0n) is 7.63. The van der Waals surface area contributed by atoms with E-state index in [0.29, 0.717) is 12.0 Å². The van der Waals surface area contributed by atoms with Gasteiger partial charge in [-0.3, -0.25) is 0 Å². The van der Waals surface area contributed by atoms with E-state index in [1.54, 1.807) is 19.1 Å². The smallest absolute Gasteiger partial charge is 0.127 e. The standard InChI is InChI=1S/C10H14FNO/c1-7(12)9-6-8(4-5-13)2-3-10(9)11/h2-3,6-7,13H,4-5,12H2,1H3/t7-/m1/s1. The number of rotatable bonds is 3. The van der Waals surface area contributed by atoms with E-state index in [9.17, 15) is 4.39 Å². The van der Waals surface area contributed by atoms with E-state index in [1.807, 2.05) is 0 Å². The van der Waals surface area contributed by atoms with Gasteiger partial charge in [0.05, 0.1) is 0 Å². The average molecular weight is 183 g/mol. The fraction of sp³-hybridized carbons (Fsp3) is 0.400. The fourth-order valence-corrected chi connectivity index (χ4v) is 1.23. The van der Waals surface area contributed by atoms with Gasteiger partial charge in [-0.15, -0.1) is 0 Å². The molecular formula is C10H14FNO.